The van der Waals surface area contributed by atoms with Crippen LogP contribution in [0.15, 0.2) is 45.7 Å². The van der Waals surface area contributed by atoms with Crippen LogP contribution in [0.2, 0.25) is 0 Å². The minimum atomic E-state index is -1.30. The molecular formula is C15H18FNO2S. The van der Waals surface area contributed by atoms with Crippen molar-refractivity contribution < 1.29 is 13.0 Å². The zero-order valence-electron chi connectivity index (χ0n) is 11.6. The zero-order chi connectivity index (χ0) is 14.5. The normalized spacial score (nSPS) is 12.8. The monoisotopic (exact) mass is 295 g/mol. The van der Waals surface area contributed by atoms with Gasteiger partial charge in [0, 0.05) is 10.9 Å². The van der Waals surface area contributed by atoms with Crippen LogP contribution >= 0.6 is 0 Å². The van der Waals surface area contributed by atoms with Gasteiger partial charge in [0.25, 0.3) is 0 Å². The molecule has 0 aliphatic carbocycles. The summed E-state index contributed by atoms with van der Waals surface area (Å²) in [5.41, 5.74) is 0. The van der Waals surface area contributed by atoms with E-state index in [0.29, 0.717) is 23.2 Å². The van der Waals surface area contributed by atoms with E-state index >= 15 is 0 Å². The summed E-state index contributed by atoms with van der Waals surface area (Å²) in [6.07, 6.45) is 0. The number of nitrogens with one attached hydrogen (secondary N) is 1. The van der Waals surface area contributed by atoms with Crippen LogP contribution in [0.1, 0.15) is 25.4 Å². The van der Waals surface area contributed by atoms with Gasteiger partial charge in [0.2, 0.25) is 0 Å². The quantitative estimate of drug-likeness (QED) is 0.889. The molecule has 1 aromatic heterocycles. The molecule has 2 rings (SSSR count). The predicted molar refractivity (Wildman–Crippen MR) is 77.2 cm³/mol. The van der Waals surface area contributed by atoms with Gasteiger partial charge in [0.15, 0.2) is 0 Å². The summed E-state index contributed by atoms with van der Waals surface area (Å²) in [6.45, 7) is 4.76. The van der Waals surface area contributed by atoms with E-state index < -0.39 is 10.8 Å². The third-order valence-electron chi connectivity index (χ3n) is 2.73. The van der Waals surface area contributed by atoms with Crippen LogP contribution < -0.4 is 5.32 Å². The Labute approximate surface area is 120 Å². The topological polar surface area (TPSA) is 42.2 Å². The minimum Gasteiger partial charge on any atom is -0.464 e. The molecule has 0 saturated heterocycles. The molecule has 0 spiro atoms. The smallest absolute Gasteiger partial charge is 0.124 e. The molecule has 1 atom stereocenters. The second kappa shape index (κ2) is 6.81. The molecule has 1 unspecified atom stereocenters. The summed E-state index contributed by atoms with van der Waals surface area (Å²) in [6, 6.07) is 9.91. The highest BCUT2D eigenvalue weighted by atomic mass is 32.2. The van der Waals surface area contributed by atoms with Gasteiger partial charge in [-0.1, -0.05) is 19.9 Å². The lowest BCUT2D eigenvalue weighted by atomic mass is 10.3. The van der Waals surface area contributed by atoms with Crippen LogP contribution in [0.25, 0.3) is 0 Å². The molecule has 0 aliphatic heterocycles. The van der Waals surface area contributed by atoms with Gasteiger partial charge in [0.1, 0.15) is 17.3 Å². The van der Waals surface area contributed by atoms with Crippen molar-refractivity contribution in [3.8, 4) is 0 Å². The molecule has 1 N–H and O–H groups in total. The maximum absolute atomic E-state index is 13.1. The second-order valence-corrected chi connectivity index (χ2v) is 6.30. The van der Waals surface area contributed by atoms with Gasteiger partial charge in [-0.15, -0.1) is 0 Å². The number of hydrogen-bond acceptors (Lipinski definition) is 3. The highest BCUT2D eigenvalue weighted by molar-refractivity contribution is 7.84. The summed E-state index contributed by atoms with van der Waals surface area (Å²) in [5, 5.41) is 3.25. The van der Waals surface area contributed by atoms with Crippen molar-refractivity contribution in [2.45, 2.75) is 37.1 Å². The highest BCUT2D eigenvalue weighted by Crippen LogP contribution is 2.16. The molecule has 0 fully saturated rings. The largest absolute Gasteiger partial charge is 0.464 e. The maximum atomic E-state index is 13.1. The number of rotatable bonds is 6. The van der Waals surface area contributed by atoms with Gasteiger partial charge in [-0.05, 0) is 30.3 Å². The minimum absolute atomic E-state index is 0.255. The Balaban J connectivity index is 1.98. The zero-order valence-corrected chi connectivity index (χ0v) is 12.4. The average molecular weight is 295 g/mol. The molecule has 0 aliphatic rings. The molecular weight excluding hydrogens is 277 g/mol. The summed E-state index contributed by atoms with van der Waals surface area (Å²) in [4.78, 5) is 0.475. The first-order chi connectivity index (χ1) is 9.54. The Kier molecular flexibility index (Phi) is 5.09. The fourth-order valence-electron chi connectivity index (χ4n) is 1.72. The Morgan fingerprint density at radius 3 is 2.70 bits per heavy atom. The number of furan rings is 1. The summed E-state index contributed by atoms with van der Waals surface area (Å²) >= 11 is 0. The van der Waals surface area contributed by atoms with E-state index in [1.54, 1.807) is 12.1 Å². The Bertz CT molecular complexity index is 595. The Hall–Kier alpha value is -1.46. The Morgan fingerprint density at radius 2 is 2.00 bits per heavy atom. The van der Waals surface area contributed by atoms with Crippen LogP contribution in [0.3, 0.4) is 0 Å². The van der Waals surface area contributed by atoms with Crippen molar-refractivity contribution >= 4 is 10.8 Å². The summed E-state index contributed by atoms with van der Waals surface area (Å²) in [7, 11) is -1.30. The lowest BCUT2D eigenvalue weighted by Gasteiger charge is -2.05. The van der Waals surface area contributed by atoms with Crippen LogP contribution in [0.5, 0.6) is 0 Å². The SMILES string of the molecule is CC(C)NCc1ccc(CS(=O)c2cccc(F)c2)o1. The van der Waals surface area contributed by atoms with Crippen molar-refractivity contribution in [3.63, 3.8) is 0 Å². The molecule has 20 heavy (non-hydrogen) atoms. The number of benzene rings is 1. The first kappa shape index (κ1) is 14.9. The first-order valence-corrected chi connectivity index (χ1v) is 7.81. The standard InChI is InChI=1S/C15H18FNO2S/c1-11(2)17-9-13-6-7-14(19-13)10-20(18)15-5-3-4-12(16)8-15/h3-8,11,17H,9-10H2,1-2H3. The Morgan fingerprint density at radius 1 is 1.25 bits per heavy atom. The van der Waals surface area contributed by atoms with E-state index in [1.807, 2.05) is 12.1 Å². The van der Waals surface area contributed by atoms with Gasteiger partial charge in [-0.25, -0.2) is 4.39 Å². The summed E-state index contributed by atoms with van der Waals surface area (Å²) < 4.78 is 30.8. The molecule has 2 aromatic rings. The van der Waals surface area contributed by atoms with Crippen molar-refractivity contribution in [1.82, 2.24) is 5.32 Å². The van der Waals surface area contributed by atoms with Crippen molar-refractivity contribution in [2.75, 3.05) is 0 Å². The second-order valence-electron chi connectivity index (χ2n) is 4.85. The molecule has 108 valence electrons. The van der Waals surface area contributed by atoms with Gasteiger partial charge in [-0.3, -0.25) is 4.21 Å². The number of halogens is 1. The molecule has 3 nitrogen and oxygen atoms in total. The fraction of sp³-hybridized carbons (Fsp3) is 0.333. The molecule has 5 heteroatoms. The van der Waals surface area contributed by atoms with Gasteiger partial charge in [-0.2, -0.15) is 0 Å². The first-order valence-electron chi connectivity index (χ1n) is 6.49. The molecule has 0 radical (unpaired) electrons. The molecule has 1 aromatic carbocycles. The maximum Gasteiger partial charge on any atom is 0.124 e. The van der Waals surface area contributed by atoms with Crippen LogP contribution in [-0.2, 0) is 23.1 Å². The van der Waals surface area contributed by atoms with Crippen molar-refractivity contribution in [3.05, 3.63) is 53.7 Å². The van der Waals surface area contributed by atoms with E-state index in [1.165, 1.54) is 12.1 Å². The van der Waals surface area contributed by atoms with E-state index in [0.717, 1.165) is 5.76 Å². The van der Waals surface area contributed by atoms with Gasteiger partial charge >= 0.3 is 0 Å². The van der Waals surface area contributed by atoms with Crippen molar-refractivity contribution in [1.29, 1.82) is 0 Å². The third kappa shape index (κ3) is 4.28. The van der Waals surface area contributed by atoms with Gasteiger partial charge < -0.3 is 9.73 Å². The van der Waals surface area contributed by atoms with E-state index in [2.05, 4.69) is 19.2 Å². The van der Waals surface area contributed by atoms with E-state index in [9.17, 15) is 8.60 Å². The lowest BCUT2D eigenvalue weighted by Crippen LogP contribution is -2.21. The lowest BCUT2D eigenvalue weighted by molar-refractivity contribution is 0.445. The van der Waals surface area contributed by atoms with E-state index in [-0.39, 0.29) is 11.6 Å². The molecule has 0 amide bonds. The van der Waals surface area contributed by atoms with E-state index in [4.69, 9.17) is 4.42 Å². The van der Waals surface area contributed by atoms with Crippen molar-refractivity contribution in [2.24, 2.45) is 0 Å². The highest BCUT2D eigenvalue weighted by Gasteiger charge is 2.10. The van der Waals surface area contributed by atoms with Crippen LogP contribution in [0.4, 0.5) is 4.39 Å². The van der Waals surface area contributed by atoms with Crippen LogP contribution in [-0.4, -0.2) is 10.3 Å². The summed E-state index contributed by atoms with van der Waals surface area (Å²) in [5.74, 6) is 1.33. The predicted octanol–water partition coefficient (Wildman–Crippen LogP) is 3.22. The van der Waals surface area contributed by atoms with Crippen LogP contribution in [0, 0.1) is 5.82 Å². The average Bonchev–Trinajstić information content (AvgIpc) is 2.84. The molecule has 0 saturated carbocycles. The number of hydrogen-bond donors (Lipinski definition) is 1. The fourth-order valence-corrected chi connectivity index (χ4v) is 2.78. The third-order valence-corrected chi connectivity index (χ3v) is 4.06. The molecule has 1 heterocycles. The molecule has 0 bridgehead atoms. The van der Waals surface area contributed by atoms with Gasteiger partial charge in [0.05, 0.1) is 23.1 Å².